The van der Waals surface area contributed by atoms with Crippen molar-refractivity contribution < 1.29 is 9.53 Å². The van der Waals surface area contributed by atoms with Crippen LogP contribution in [0.25, 0.3) is 5.78 Å². The Hall–Kier alpha value is -2.87. The van der Waals surface area contributed by atoms with Gasteiger partial charge in [-0.2, -0.15) is 9.50 Å². The minimum Gasteiger partial charge on any atom is -0.491 e. The van der Waals surface area contributed by atoms with Gasteiger partial charge in [0, 0.05) is 23.3 Å². The first-order valence-corrected chi connectivity index (χ1v) is 8.05. The number of benzene rings is 1. The zero-order valence-corrected chi connectivity index (χ0v) is 14.1. The third-order valence-corrected chi connectivity index (χ3v) is 4.24. The molecule has 0 radical (unpaired) electrons. The average molecular weight is 360 g/mol. The van der Waals surface area contributed by atoms with E-state index >= 15 is 0 Å². The molecular weight excluding hydrogens is 346 g/mol. The Bertz CT molecular complexity index is 1040. The highest BCUT2D eigenvalue weighted by atomic mass is 35.5. The van der Waals surface area contributed by atoms with E-state index in [0.29, 0.717) is 36.3 Å². The molecule has 0 unspecified atom stereocenters. The van der Waals surface area contributed by atoms with Gasteiger partial charge in [-0.05, 0) is 25.1 Å². The Morgan fingerprint density at radius 3 is 3.08 bits per heavy atom. The molecule has 1 aromatic carbocycles. The van der Waals surface area contributed by atoms with Gasteiger partial charge in [-0.1, -0.05) is 11.6 Å². The third-order valence-electron chi connectivity index (χ3n) is 4.00. The lowest BCUT2D eigenvalue weighted by Gasteiger charge is -2.19. The molecule has 2 aromatic heterocycles. The molecule has 1 aliphatic heterocycles. The van der Waals surface area contributed by atoms with Crippen molar-refractivity contribution in [2.45, 2.75) is 13.5 Å². The molecule has 1 N–H and O–H groups in total. The summed E-state index contributed by atoms with van der Waals surface area (Å²) in [5.74, 6) is 1.06. The molecule has 25 heavy (non-hydrogen) atoms. The lowest BCUT2D eigenvalue weighted by atomic mass is 10.2. The number of carbonyl (C=O) groups excluding carboxylic acids is 1. The number of carbonyl (C=O) groups is 1. The highest BCUT2D eigenvalue weighted by Crippen LogP contribution is 2.26. The van der Waals surface area contributed by atoms with Crippen molar-refractivity contribution in [2.75, 3.05) is 13.2 Å². The highest BCUT2D eigenvalue weighted by molar-refractivity contribution is 6.30. The lowest BCUT2D eigenvalue weighted by molar-refractivity contribution is 0.0730. The van der Waals surface area contributed by atoms with Crippen molar-refractivity contribution in [3.05, 3.63) is 56.7 Å². The maximum Gasteiger partial charge on any atom is 0.286 e. The Labute approximate surface area is 147 Å². The van der Waals surface area contributed by atoms with Gasteiger partial charge < -0.3 is 9.64 Å². The van der Waals surface area contributed by atoms with E-state index in [4.69, 9.17) is 16.3 Å². The van der Waals surface area contributed by atoms with Crippen LogP contribution in [0.4, 0.5) is 0 Å². The zero-order chi connectivity index (χ0) is 17.6. The van der Waals surface area contributed by atoms with Gasteiger partial charge in [-0.25, -0.2) is 4.98 Å². The van der Waals surface area contributed by atoms with Crippen molar-refractivity contribution in [2.24, 2.45) is 0 Å². The van der Waals surface area contributed by atoms with E-state index in [2.05, 4.69) is 15.1 Å². The molecule has 0 aliphatic carbocycles. The van der Waals surface area contributed by atoms with E-state index in [1.807, 2.05) is 0 Å². The van der Waals surface area contributed by atoms with Crippen molar-refractivity contribution in [3.8, 4) is 5.75 Å². The van der Waals surface area contributed by atoms with E-state index in [1.54, 1.807) is 30.0 Å². The molecule has 0 atom stereocenters. The lowest BCUT2D eigenvalue weighted by Crippen LogP contribution is -2.37. The van der Waals surface area contributed by atoms with Crippen molar-refractivity contribution in [1.29, 1.82) is 0 Å². The Morgan fingerprint density at radius 1 is 1.40 bits per heavy atom. The molecule has 3 aromatic rings. The molecule has 8 nitrogen and oxygen atoms in total. The molecule has 3 heterocycles. The first-order valence-electron chi connectivity index (χ1n) is 7.68. The number of rotatable bonds is 1. The third kappa shape index (κ3) is 2.74. The predicted octanol–water partition coefficient (Wildman–Crippen LogP) is 1.41. The summed E-state index contributed by atoms with van der Waals surface area (Å²) in [5, 5.41) is 3.34. The van der Waals surface area contributed by atoms with Crippen LogP contribution in [0.5, 0.6) is 5.75 Å². The van der Waals surface area contributed by atoms with Gasteiger partial charge in [0.1, 0.15) is 23.7 Å². The van der Waals surface area contributed by atoms with Gasteiger partial charge in [-0.3, -0.25) is 14.7 Å². The maximum absolute atomic E-state index is 12.9. The highest BCUT2D eigenvalue weighted by Gasteiger charge is 2.24. The van der Waals surface area contributed by atoms with Crippen LogP contribution < -0.4 is 10.3 Å². The predicted molar refractivity (Wildman–Crippen MR) is 90.0 cm³/mol. The van der Waals surface area contributed by atoms with E-state index in [-0.39, 0.29) is 11.3 Å². The molecule has 9 heteroatoms. The van der Waals surface area contributed by atoms with Crippen LogP contribution in [0.3, 0.4) is 0 Å². The Balaban J connectivity index is 1.71. The number of aryl methyl sites for hydroxylation is 1. The molecule has 0 fully saturated rings. The fraction of sp³-hybridized carbons (Fsp3) is 0.250. The van der Waals surface area contributed by atoms with Gasteiger partial charge in [0.2, 0.25) is 0 Å². The number of aromatic nitrogens is 4. The molecule has 0 spiro atoms. The summed E-state index contributed by atoms with van der Waals surface area (Å²) in [6.07, 6.45) is 1.27. The number of aromatic amines is 1. The first kappa shape index (κ1) is 15.6. The summed E-state index contributed by atoms with van der Waals surface area (Å²) in [6.45, 7) is 2.71. The summed E-state index contributed by atoms with van der Waals surface area (Å²) in [4.78, 5) is 35.1. The summed E-state index contributed by atoms with van der Waals surface area (Å²) < 4.78 is 6.82. The van der Waals surface area contributed by atoms with Gasteiger partial charge >= 0.3 is 0 Å². The number of hydrogen-bond acceptors (Lipinski definition) is 5. The van der Waals surface area contributed by atoms with Crippen LogP contribution in [0.2, 0.25) is 5.02 Å². The van der Waals surface area contributed by atoms with Crippen LogP contribution in [0.15, 0.2) is 29.2 Å². The minimum atomic E-state index is -0.480. The second kappa shape index (κ2) is 5.89. The van der Waals surface area contributed by atoms with Gasteiger partial charge in [0.15, 0.2) is 0 Å². The molecule has 1 aliphatic rings. The first-order chi connectivity index (χ1) is 12.0. The van der Waals surface area contributed by atoms with Crippen LogP contribution in [0.1, 0.15) is 21.7 Å². The van der Waals surface area contributed by atoms with Gasteiger partial charge in [0.05, 0.1) is 6.54 Å². The number of nitrogens with one attached hydrogen (secondary N) is 1. The number of hydrogen-bond donors (Lipinski definition) is 1. The van der Waals surface area contributed by atoms with E-state index in [0.717, 1.165) is 5.56 Å². The van der Waals surface area contributed by atoms with Crippen molar-refractivity contribution in [1.82, 2.24) is 24.5 Å². The summed E-state index contributed by atoms with van der Waals surface area (Å²) in [5.41, 5.74) is 0.295. The van der Waals surface area contributed by atoms with Gasteiger partial charge in [0.25, 0.3) is 17.2 Å². The number of nitrogens with zero attached hydrogens (tertiary/aromatic N) is 4. The fourth-order valence-corrected chi connectivity index (χ4v) is 3.01. The quantitative estimate of drug-likeness (QED) is 0.709. The monoisotopic (exact) mass is 359 g/mol. The SMILES string of the molecule is Cc1nc2ncc(C(=O)N3CCOc4ccc(Cl)cc4C3)c(=O)n2[nH]1. The van der Waals surface area contributed by atoms with Crippen LogP contribution >= 0.6 is 11.6 Å². The summed E-state index contributed by atoms with van der Waals surface area (Å²) >= 11 is 6.03. The van der Waals surface area contributed by atoms with Gasteiger partial charge in [-0.15, -0.1) is 0 Å². The average Bonchev–Trinajstić information content (AvgIpc) is 2.84. The number of halogens is 1. The molecule has 0 bridgehead atoms. The molecule has 0 saturated carbocycles. The van der Waals surface area contributed by atoms with E-state index < -0.39 is 11.5 Å². The second-order valence-electron chi connectivity index (χ2n) is 5.75. The van der Waals surface area contributed by atoms with Crippen LogP contribution in [-0.2, 0) is 6.54 Å². The fourth-order valence-electron chi connectivity index (χ4n) is 2.82. The summed E-state index contributed by atoms with van der Waals surface area (Å²) in [6, 6.07) is 5.28. The zero-order valence-electron chi connectivity index (χ0n) is 13.3. The van der Waals surface area contributed by atoms with Crippen molar-refractivity contribution >= 4 is 23.3 Å². The minimum absolute atomic E-state index is 0.0216. The molecule has 4 rings (SSSR count). The smallest absolute Gasteiger partial charge is 0.286 e. The Kier molecular flexibility index (Phi) is 3.69. The Morgan fingerprint density at radius 2 is 2.24 bits per heavy atom. The molecule has 128 valence electrons. The number of amides is 1. The summed E-state index contributed by atoms with van der Waals surface area (Å²) in [7, 11) is 0. The number of fused-ring (bicyclic) bond motifs is 2. The molecule has 1 amide bonds. The van der Waals surface area contributed by atoms with Crippen molar-refractivity contribution in [3.63, 3.8) is 0 Å². The topological polar surface area (TPSA) is 92.6 Å². The van der Waals surface area contributed by atoms with E-state index in [1.165, 1.54) is 10.7 Å². The van der Waals surface area contributed by atoms with E-state index in [9.17, 15) is 9.59 Å². The standard InChI is InChI=1S/C16H14ClN5O3/c1-9-19-16-18-7-12(15(24)22(16)20-9)14(23)21-4-5-25-13-3-2-11(17)6-10(13)8-21/h2-3,6-7H,4-5,8H2,1H3,(H,18,19,20). The second-order valence-corrected chi connectivity index (χ2v) is 6.19. The van der Waals surface area contributed by atoms with Crippen LogP contribution in [0, 0.1) is 6.92 Å². The number of ether oxygens (including phenoxy) is 1. The normalized spacial score (nSPS) is 14.1. The maximum atomic E-state index is 12.9. The van der Waals surface area contributed by atoms with Crippen LogP contribution in [-0.4, -0.2) is 43.5 Å². The number of H-pyrrole nitrogens is 1. The molecular formula is C16H14ClN5O3. The molecule has 0 saturated heterocycles. The largest absolute Gasteiger partial charge is 0.491 e.